The van der Waals surface area contributed by atoms with Gasteiger partial charge in [0.1, 0.15) is 21.3 Å². The number of amides is 1. The number of carbonyl (C=O) groups is 2. The van der Waals surface area contributed by atoms with Gasteiger partial charge >= 0.3 is 5.97 Å². The zero-order valence-corrected chi connectivity index (χ0v) is 15.0. The molecule has 2 aliphatic heterocycles. The Bertz CT molecular complexity index is 647. The molecule has 2 N–H and O–H groups in total. The second-order valence-electron chi connectivity index (χ2n) is 5.37. The molecular formula is C13H16N4O3S3. The molecule has 1 aromatic heterocycles. The summed E-state index contributed by atoms with van der Waals surface area (Å²) in [6.45, 7) is 3.57. The highest BCUT2D eigenvalue weighted by atomic mass is 32.2. The summed E-state index contributed by atoms with van der Waals surface area (Å²) in [5, 5.41) is 3.62. The number of esters is 1. The van der Waals surface area contributed by atoms with Crippen LogP contribution in [0.1, 0.15) is 13.8 Å². The Balaban J connectivity index is 1.84. The number of hydrogen-bond acceptors (Lipinski definition) is 9. The van der Waals surface area contributed by atoms with Crippen molar-refractivity contribution in [2.45, 2.75) is 35.6 Å². The highest BCUT2D eigenvalue weighted by molar-refractivity contribution is 8.01. The number of aromatic nitrogens is 2. The summed E-state index contributed by atoms with van der Waals surface area (Å²) in [5.74, 6) is 0.568. The number of ether oxygens (including phenoxy) is 1. The Kier molecular flexibility index (Phi) is 4.95. The third-order valence-corrected chi connectivity index (χ3v) is 6.64. The number of hydrogen-bond donors (Lipinski definition) is 1. The molecular weight excluding hydrogens is 356 g/mol. The summed E-state index contributed by atoms with van der Waals surface area (Å²) in [4.78, 5) is 26.1. The maximum absolute atomic E-state index is 12.5. The molecule has 10 heteroatoms. The predicted octanol–water partition coefficient (Wildman–Crippen LogP) is 1.08. The molecule has 23 heavy (non-hydrogen) atoms. The monoisotopic (exact) mass is 372 g/mol. The fourth-order valence-corrected chi connectivity index (χ4v) is 5.18. The maximum Gasteiger partial charge on any atom is 0.355 e. The zero-order chi connectivity index (χ0) is 16.6. The Labute approximate surface area is 146 Å². The van der Waals surface area contributed by atoms with Crippen molar-refractivity contribution in [2.75, 3.05) is 11.5 Å². The maximum atomic E-state index is 12.5. The van der Waals surface area contributed by atoms with Crippen LogP contribution in [0.4, 0.5) is 0 Å². The SMILES string of the molecule is CC(C)OC(=O)C1=C(CSc2cnns2)CS[C@@H]2C(N)C(=O)N12. The highest BCUT2D eigenvalue weighted by Gasteiger charge is 2.52. The Hall–Kier alpha value is -1.10. The number of rotatable bonds is 5. The Morgan fingerprint density at radius 3 is 3.04 bits per heavy atom. The smallest absolute Gasteiger partial charge is 0.355 e. The minimum Gasteiger partial charge on any atom is -0.458 e. The van der Waals surface area contributed by atoms with Gasteiger partial charge in [-0.2, -0.15) is 0 Å². The van der Waals surface area contributed by atoms with E-state index >= 15 is 0 Å². The molecule has 3 heterocycles. The summed E-state index contributed by atoms with van der Waals surface area (Å²) >= 11 is 4.44. The van der Waals surface area contributed by atoms with Crippen LogP contribution in [0.5, 0.6) is 0 Å². The van der Waals surface area contributed by atoms with Crippen LogP contribution >= 0.6 is 35.1 Å². The van der Waals surface area contributed by atoms with Gasteiger partial charge in [-0.25, -0.2) is 4.79 Å². The predicted molar refractivity (Wildman–Crippen MR) is 90.0 cm³/mol. The summed E-state index contributed by atoms with van der Waals surface area (Å²) in [6, 6.07) is -0.540. The van der Waals surface area contributed by atoms with Crippen LogP contribution in [0.25, 0.3) is 0 Å². The molecule has 0 aliphatic carbocycles. The van der Waals surface area contributed by atoms with Crippen molar-refractivity contribution in [3.8, 4) is 0 Å². The molecule has 0 spiro atoms. The first kappa shape index (κ1) is 16.7. The number of nitrogens with zero attached hydrogens (tertiary/aromatic N) is 3. The number of fused-ring (bicyclic) bond motifs is 1. The summed E-state index contributed by atoms with van der Waals surface area (Å²) in [7, 11) is 0. The van der Waals surface area contributed by atoms with E-state index in [4.69, 9.17) is 10.5 Å². The van der Waals surface area contributed by atoms with Gasteiger partial charge in [-0.15, -0.1) is 28.6 Å². The van der Waals surface area contributed by atoms with Gasteiger partial charge in [0.15, 0.2) is 0 Å². The summed E-state index contributed by atoms with van der Waals surface area (Å²) < 4.78 is 10.1. The minimum atomic E-state index is -0.540. The van der Waals surface area contributed by atoms with Gasteiger partial charge in [-0.1, -0.05) is 4.49 Å². The third kappa shape index (κ3) is 3.25. The van der Waals surface area contributed by atoms with Gasteiger partial charge in [0.05, 0.1) is 12.3 Å². The van der Waals surface area contributed by atoms with Gasteiger partial charge in [0, 0.05) is 11.5 Å². The van der Waals surface area contributed by atoms with Gasteiger partial charge in [-0.05, 0) is 31.0 Å². The Morgan fingerprint density at radius 2 is 2.39 bits per heavy atom. The second-order valence-corrected chi connectivity index (χ2v) is 8.53. The van der Waals surface area contributed by atoms with Gasteiger partial charge in [0.25, 0.3) is 0 Å². The number of carbonyl (C=O) groups excluding carboxylic acids is 2. The van der Waals surface area contributed by atoms with Crippen molar-refractivity contribution < 1.29 is 14.3 Å². The van der Waals surface area contributed by atoms with E-state index < -0.39 is 12.0 Å². The lowest BCUT2D eigenvalue weighted by Gasteiger charge is -2.48. The van der Waals surface area contributed by atoms with E-state index in [1.54, 1.807) is 43.6 Å². The lowest BCUT2D eigenvalue weighted by molar-refractivity contribution is -0.152. The molecule has 0 saturated carbocycles. The normalized spacial score (nSPS) is 23.8. The quantitative estimate of drug-likeness (QED) is 0.466. The van der Waals surface area contributed by atoms with Crippen LogP contribution in [-0.4, -0.2) is 55.4 Å². The molecule has 0 radical (unpaired) electrons. The van der Waals surface area contributed by atoms with Crippen molar-refractivity contribution in [1.82, 2.24) is 14.5 Å². The standard InChI is InChI=1S/C13H16N4O3S3/c1-6(2)20-13(19)10-7(4-21-8-3-15-16-23-8)5-22-12-9(14)11(18)17(10)12/h3,6,9,12H,4-5,14H2,1-2H3/t9?,12-/m1/s1. The number of nitrogens with two attached hydrogens (primary N) is 1. The fourth-order valence-electron chi connectivity index (χ4n) is 2.33. The first-order valence-electron chi connectivity index (χ1n) is 7.02. The van der Waals surface area contributed by atoms with Crippen LogP contribution < -0.4 is 5.73 Å². The topological polar surface area (TPSA) is 98.4 Å². The third-order valence-electron chi connectivity index (χ3n) is 3.35. The molecule has 3 rings (SSSR count). The molecule has 2 atom stereocenters. The molecule has 1 fully saturated rings. The molecule has 0 aromatic carbocycles. The molecule has 124 valence electrons. The van der Waals surface area contributed by atoms with E-state index in [-0.39, 0.29) is 17.4 Å². The summed E-state index contributed by atoms with van der Waals surface area (Å²) in [5.41, 5.74) is 7.08. The molecule has 1 saturated heterocycles. The zero-order valence-electron chi connectivity index (χ0n) is 12.6. The van der Waals surface area contributed by atoms with Gasteiger partial charge in [0.2, 0.25) is 5.91 Å². The fraction of sp³-hybridized carbons (Fsp3) is 0.538. The first-order valence-corrected chi connectivity index (χ1v) is 9.83. The summed E-state index contributed by atoms with van der Waals surface area (Å²) in [6.07, 6.45) is 1.44. The molecule has 1 aromatic rings. The van der Waals surface area contributed by atoms with Crippen LogP contribution in [0.15, 0.2) is 21.7 Å². The first-order chi connectivity index (χ1) is 11.0. The largest absolute Gasteiger partial charge is 0.458 e. The molecule has 1 amide bonds. The van der Waals surface area contributed by atoms with Gasteiger partial charge in [-0.3, -0.25) is 9.69 Å². The average molecular weight is 372 g/mol. The van der Waals surface area contributed by atoms with Crippen LogP contribution in [0, 0.1) is 0 Å². The molecule has 1 unspecified atom stereocenters. The van der Waals surface area contributed by atoms with E-state index in [0.29, 0.717) is 17.2 Å². The van der Waals surface area contributed by atoms with Gasteiger partial charge < -0.3 is 10.5 Å². The van der Waals surface area contributed by atoms with E-state index in [1.165, 1.54) is 16.4 Å². The minimum absolute atomic E-state index is 0.170. The Morgan fingerprint density at radius 1 is 1.61 bits per heavy atom. The lowest BCUT2D eigenvalue weighted by Crippen LogP contribution is -2.68. The second kappa shape index (κ2) is 6.80. The highest BCUT2D eigenvalue weighted by Crippen LogP contribution is 2.41. The van der Waals surface area contributed by atoms with Crippen LogP contribution in [0.3, 0.4) is 0 Å². The van der Waals surface area contributed by atoms with E-state index in [2.05, 4.69) is 9.59 Å². The van der Waals surface area contributed by atoms with E-state index in [1.807, 2.05) is 0 Å². The number of β-lactam (4-membered cyclic amide) rings is 1. The molecule has 7 nitrogen and oxygen atoms in total. The van der Waals surface area contributed by atoms with E-state index in [9.17, 15) is 9.59 Å². The number of thioether (sulfide) groups is 2. The average Bonchev–Trinajstić information content (AvgIpc) is 3.03. The van der Waals surface area contributed by atoms with Crippen molar-refractivity contribution in [3.63, 3.8) is 0 Å². The van der Waals surface area contributed by atoms with Crippen molar-refractivity contribution >= 4 is 46.9 Å². The molecule has 2 aliphatic rings. The van der Waals surface area contributed by atoms with E-state index in [0.717, 1.165) is 9.78 Å². The van der Waals surface area contributed by atoms with Crippen LogP contribution in [-0.2, 0) is 14.3 Å². The van der Waals surface area contributed by atoms with Crippen molar-refractivity contribution in [2.24, 2.45) is 5.73 Å². The molecule has 0 bridgehead atoms. The lowest BCUT2D eigenvalue weighted by atomic mass is 10.0. The van der Waals surface area contributed by atoms with Crippen molar-refractivity contribution in [3.05, 3.63) is 17.5 Å². The van der Waals surface area contributed by atoms with Crippen molar-refractivity contribution in [1.29, 1.82) is 0 Å². The van der Waals surface area contributed by atoms with Crippen LogP contribution in [0.2, 0.25) is 0 Å².